The first-order valence-electron chi connectivity index (χ1n) is 8.64. The van der Waals surface area contributed by atoms with E-state index in [1.807, 2.05) is 0 Å². The van der Waals surface area contributed by atoms with Crippen LogP contribution in [0.1, 0.15) is 79.6 Å². The molecule has 2 aliphatic carbocycles. The molecule has 2 rings (SSSR count). The second-order valence-corrected chi connectivity index (χ2v) is 8.53. The molecule has 0 aromatic heterocycles. The van der Waals surface area contributed by atoms with Crippen molar-refractivity contribution in [3.8, 4) is 0 Å². The van der Waals surface area contributed by atoms with Gasteiger partial charge in [-0.15, -0.1) is 0 Å². The third-order valence-electron chi connectivity index (χ3n) is 5.76. The SMILES string of the molecule is CC1CCC(C)C(NC2CCCCC2C(C)(C)C)C1. The molecule has 0 heterocycles. The van der Waals surface area contributed by atoms with Gasteiger partial charge in [0.05, 0.1) is 0 Å². The number of rotatable bonds is 2. The maximum atomic E-state index is 4.09. The van der Waals surface area contributed by atoms with Crippen LogP contribution in [0, 0.1) is 23.2 Å². The zero-order valence-corrected chi connectivity index (χ0v) is 13.8. The lowest BCUT2D eigenvalue weighted by Crippen LogP contribution is -2.51. The molecule has 5 atom stereocenters. The smallest absolute Gasteiger partial charge is 0.0103 e. The minimum absolute atomic E-state index is 0.460. The van der Waals surface area contributed by atoms with Crippen molar-refractivity contribution in [2.75, 3.05) is 0 Å². The molecule has 0 aromatic carbocycles. The standard InChI is InChI=1S/C18H35N/c1-13-10-11-14(2)17(12-13)19-16-9-7-6-8-15(16)18(3,4)5/h13-17,19H,6-12H2,1-5H3. The molecule has 19 heavy (non-hydrogen) atoms. The van der Waals surface area contributed by atoms with E-state index >= 15 is 0 Å². The Morgan fingerprint density at radius 2 is 1.53 bits per heavy atom. The largest absolute Gasteiger partial charge is 0.311 e. The molecular formula is C18H35N. The molecule has 1 nitrogen and oxygen atoms in total. The summed E-state index contributed by atoms with van der Waals surface area (Å²) in [6.07, 6.45) is 9.96. The van der Waals surface area contributed by atoms with E-state index in [-0.39, 0.29) is 0 Å². The Kier molecular flexibility index (Phi) is 4.98. The molecule has 2 aliphatic rings. The first-order chi connectivity index (χ1) is 8.88. The Hall–Kier alpha value is -0.0400. The first kappa shape index (κ1) is 15.4. The summed E-state index contributed by atoms with van der Waals surface area (Å²) in [4.78, 5) is 0. The van der Waals surface area contributed by atoms with Gasteiger partial charge in [0.1, 0.15) is 0 Å². The normalized spacial score (nSPS) is 41.2. The maximum Gasteiger partial charge on any atom is 0.0103 e. The van der Waals surface area contributed by atoms with Crippen molar-refractivity contribution in [3.63, 3.8) is 0 Å². The van der Waals surface area contributed by atoms with E-state index in [4.69, 9.17) is 0 Å². The molecule has 2 saturated carbocycles. The number of hydrogen-bond acceptors (Lipinski definition) is 1. The second kappa shape index (κ2) is 6.16. The van der Waals surface area contributed by atoms with Crippen LogP contribution in [0.2, 0.25) is 0 Å². The van der Waals surface area contributed by atoms with Crippen LogP contribution in [0.15, 0.2) is 0 Å². The van der Waals surface area contributed by atoms with Crippen LogP contribution < -0.4 is 5.32 Å². The van der Waals surface area contributed by atoms with Crippen LogP contribution in [0.25, 0.3) is 0 Å². The summed E-state index contributed by atoms with van der Waals surface area (Å²) in [5.41, 5.74) is 0.460. The van der Waals surface area contributed by atoms with Crippen LogP contribution >= 0.6 is 0 Å². The molecule has 1 heteroatoms. The van der Waals surface area contributed by atoms with Gasteiger partial charge < -0.3 is 5.32 Å². The van der Waals surface area contributed by atoms with E-state index in [0.717, 1.165) is 29.8 Å². The average Bonchev–Trinajstić information content (AvgIpc) is 2.33. The Labute approximate surface area is 120 Å². The van der Waals surface area contributed by atoms with Gasteiger partial charge in [-0.25, -0.2) is 0 Å². The molecule has 1 N–H and O–H groups in total. The molecule has 112 valence electrons. The highest BCUT2D eigenvalue weighted by Gasteiger charge is 2.36. The molecule has 0 bridgehead atoms. The highest BCUT2D eigenvalue weighted by Crippen LogP contribution is 2.39. The van der Waals surface area contributed by atoms with Gasteiger partial charge >= 0.3 is 0 Å². The van der Waals surface area contributed by atoms with Crippen molar-refractivity contribution < 1.29 is 0 Å². The summed E-state index contributed by atoms with van der Waals surface area (Å²) in [5, 5.41) is 4.09. The Morgan fingerprint density at radius 3 is 2.21 bits per heavy atom. The van der Waals surface area contributed by atoms with Gasteiger partial charge in [-0.1, -0.05) is 53.9 Å². The third kappa shape index (κ3) is 3.97. The molecule has 2 fully saturated rings. The van der Waals surface area contributed by atoms with E-state index in [2.05, 4.69) is 39.9 Å². The Morgan fingerprint density at radius 1 is 0.842 bits per heavy atom. The first-order valence-corrected chi connectivity index (χ1v) is 8.64. The number of hydrogen-bond donors (Lipinski definition) is 1. The molecule has 0 radical (unpaired) electrons. The van der Waals surface area contributed by atoms with Crippen molar-refractivity contribution in [2.45, 2.75) is 91.6 Å². The summed E-state index contributed by atoms with van der Waals surface area (Å²) in [7, 11) is 0. The lowest BCUT2D eigenvalue weighted by molar-refractivity contribution is 0.102. The van der Waals surface area contributed by atoms with Gasteiger partial charge in [-0.2, -0.15) is 0 Å². The van der Waals surface area contributed by atoms with E-state index in [1.54, 1.807) is 0 Å². The van der Waals surface area contributed by atoms with E-state index in [1.165, 1.54) is 44.9 Å². The second-order valence-electron chi connectivity index (χ2n) is 8.53. The van der Waals surface area contributed by atoms with Crippen molar-refractivity contribution in [3.05, 3.63) is 0 Å². The fourth-order valence-electron chi connectivity index (χ4n) is 4.41. The minimum Gasteiger partial charge on any atom is -0.311 e. The molecule has 5 unspecified atom stereocenters. The fourth-order valence-corrected chi connectivity index (χ4v) is 4.41. The lowest BCUT2D eigenvalue weighted by atomic mass is 9.69. The highest BCUT2D eigenvalue weighted by molar-refractivity contribution is 4.92. The zero-order chi connectivity index (χ0) is 14.0. The minimum atomic E-state index is 0.460. The van der Waals surface area contributed by atoms with Gasteiger partial charge in [0.2, 0.25) is 0 Å². The summed E-state index contributed by atoms with van der Waals surface area (Å²) < 4.78 is 0. The molecule has 0 spiro atoms. The van der Waals surface area contributed by atoms with Crippen molar-refractivity contribution in [1.29, 1.82) is 0 Å². The van der Waals surface area contributed by atoms with Gasteiger partial charge in [0, 0.05) is 12.1 Å². The van der Waals surface area contributed by atoms with Crippen LogP contribution in [0.5, 0.6) is 0 Å². The third-order valence-corrected chi connectivity index (χ3v) is 5.76. The Bertz CT molecular complexity index is 278. The fraction of sp³-hybridized carbons (Fsp3) is 1.00. The van der Waals surface area contributed by atoms with Crippen LogP contribution in [-0.2, 0) is 0 Å². The maximum absolute atomic E-state index is 4.09. The van der Waals surface area contributed by atoms with Crippen LogP contribution in [0.3, 0.4) is 0 Å². The van der Waals surface area contributed by atoms with Crippen molar-refractivity contribution in [1.82, 2.24) is 5.32 Å². The predicted octanol–water partition coefficient (Wildman–Crippen LogP) is 5.01. The van der Waals surface area contributed by atoms with E-state index in [9.17, 15) is 0 Å². The van der Waals surface area contributed by atoms with E-state index in [0.29, 0.717) is 5.41 Å². The van der Waals surface area contributed by atoms with Crippen LogP contribution in [-0.4, -0.2) is 12.1 Å². The summed E-state index contributed by atoms with van der Waals surface area (Å²) in [6.45, 7) is 12.2. The highest BCUT2D eigenvalue weighted by atomic mass is 15.0. The monoisotopic (exact) mass is 265 g/mol. The summed E-state index contributed by atoms with van der Waals surface area (Å²) in [5.74, 6) is 2.66. The van der Waals surface area contributed by atoms with Gasteiger partial charge in [0.15, 0.2) is 0 Å². The van der Waals surface area contributed by atoms with Gasteiger partial charge in [-0.05, 0) is 48.9 Å². The molecular weight excluding hydrogens is 230 g/mol. The summed E-state index contributed by atoms with van der Waals surface area (Å²) >= 11 is 0. The van der Waals surface area contributed by atoms with E-state index < -0.39 is 0 Å². The molecule has 0 saturated heterocycles. The van der Waals surface area contributed by atoms with Crippen LogP contribution in [0.4, 0.5) is 0 Å². The number of nitrogens with one attached hydrogen (secondary N) is 1. The molecule has 0 aromatic rings. The van der Waals surface area contributed by atoms with Gasteiger partial charge in [0.25, 0.3) is 0 Å². The molecule has 0 amide bonds. The average molecular weight is 265 g/mol. The predicted molar refractivity (Wildman–Crippen MR) is 84.3 cm³/mol. The lowest BCUT2D eigenvalue weighted by Gasteiger charge is -2.45. The van der Waals surface area contributed by atoms with Crippen molar-refractivity contribution in [2.24, 2.45) is 23.2 Å². The summed E-state index contributed by atoms with van der Waals surface area (Å²) in [6, 6.07) is 1.54. The Balaban J connectivity index is 1.98. The van der Waals surface area contributed by atoms with Gasteiger partial charge in [-0.3, -0.25) is 0 Å². The van der Waals surface area contributed by atoms with Crippen molar-refractivity contribution >= 4 is 0 Å². The molecule has 0 aliphatic heterocycles. The quantitative estimate of drug-likeness (QED) is 0.740. The topological polar surface area (TPSA) is 12.0 Å². The zero-order valence-electron chi connectivity index (χ0n) is 13.8.